The second-order valence-corrected chi connectivity index (χ2v) is 3.43. The van der Waals surface area contributed by atoms with Crippen LogP contribution in [0.3, 0.4) is 0 Å². The van der Waals surface area contributed by atoms with Gasteiger partial charge in [-0.3, -0.25) is 4.18 Å². The van der Waals surface area contributed by atoms with Crippen molar-refractivity contribution in [1.29, 1.82) is 0 Å². The Morgan fingerprint density at radius 2 is 2.22 bits per heavy atom. The fourth-order valence-corrected chi connectivity index (χ4v) is 1.36. The molecule has 1 unspecified atom stereocenters. The molecule has 0 aromatic rings. The first-order chi connectivity index (χ1) is 4.16. The van der Waals surface area contributed by atoms with Gasteiger partial charge in [0.2, 0.25) is 0 Å². The molecule has 0 aliphatic rings. The van der Waals surface area contributed by atoms with E-state index in [1.54, 1.807) is 0 Å². The highest BCUT2D eigenvalue weighted by Crippen LogP contribution is 1.93. The molecule has 56 valence electrons. The molecule has 0 spiro atoms. The van der Waals surface area contributed by atoms with Crippen molar-refractivity contribution < 1.29 is 8.39 Å². The Bertz CT molecular complexity index is 95.0. The third-order valence-corrected chi connectivity index (χ3v) is 2.09. The van der Waals surface area contributed by atoms with Gasteiger partial charge in [-0.2, -0.15) is 0 Å². The highest BCUT2D eigenvalue weighted by molar-refractivity contribution is 7.80. The molecule has 0 aromatic carbocycles. The molecule has 0 saturated heterocycles. The van der Waals surface area contributed by atoms with E-state index < -0.39 is 11.1 Å². The van der Waals surface area contributed by atoms with Crippen molar-refractivity contribution in [2.75, 3.05) is 11.6 Å². The molecule has 0 heterocycles. The standard InChI is InChI=1S/C5H11ClO2S/c1-5(2)8-9(7)4-3-6/h5H,3-4H2,1-2H3. The summed E-state index contributed by atoms with van der Waals surface area (Å²) in [6, 6.07) is 0. The zero-order valence-electron chi connectivity index (χ0n) is 5.59. The normalized spacial score (nSPS) is 14.2. The van der Waals surface area contributed by atoms with E-state index in [4.69, 9.17) is 15.8 Å². The Balaban J connectivity index is 3.27. The van der Waals surface area contributed by atoms with Crippen LogP contribution in [0.5, 0.6) is 0 Å². The van der Waals surface area contributed by atoms with Gasteiger partial charge < -0.3 is 0 Å². The molecule has 0 aliphatic carbocycles. The maximum absolute atomic E-state index is 10.7. The van der Waals surface area contributed by atoms with Crippen LogP contribution in [0.25, 0.3) is 0 Å². The van der Waals surface area contributed by atoms with E-state index in [-0.39, 0.29) is 6.10 Å². The van der Waals surface area contributed by atoms with Crippen LogP contribution in [0.15, 0.2) is 0 Å². The van der Waals surface area contributed by atoms with E-state index in [1.165, 1.54) is 0 Å². The van der Waals surface area contributed by atoms with Gasteiger partial charge in [0.05, 0.1) is 11.9 Å². The summed E-state index contributed by atoms with van der Waals surface area (Å²) in [5.41, 5.74) is 0. The molecule has 0 radical (unpaired) electrons. The Morgan fingerprint density at radius 3 is 2.56 bits per heavy atom. The predicted octanol–water partition coefficient (Wildman–Crippen LogP) is 1.31. The lowest BCUT2D eigenvalue weighted by molar-refractivity contribution is 0.270. The van der Waals surface area contributed by atoms with Gasteiger partial charge in [0, 0.05) is 5.88 Å². The van der Waals surface area contributed by atoms with Crippen LogP contribution in [0.1, 0.15) is 13.8 Å². The molecule has 0 amide bonds. The second kappa shape index (κ2) is 5.21. The van der Waals surface area contributed by atoms with Gasteiger partial charge in [-0.05, 0) is 13.8 Å². The third-order valence-electron chi connectivity index (χ3n) is 0.544. The molecular formula is C5H11ClO2S. The molecule has 2 nitrogen and oxygen atoms in total. The minimum absolute atomic E-state index is 0.0223. The topological polar surface area (TPSA) is 26.3 Å². The third kappa shape index (κ3) is 6.28. The first-order valence-electron chi connectivity index (χ1n) is 2.78. The maximum Gasteiger partial charge on any atom is 0.156 e. The Morgan fingerprint density at radius 1 is 1.67 bits per heavy atom. The van der Waals surface area contributed by atoms with Crippen LogP contribution in [-0.2, 0) is 15.3 Å². The minimum atomic E-state index is -1.18. The molecule has 0 aliphatic heterocycles. The summed E-state index contributed by atoms with van der Waals surface area (Å²) in [5.74, 6) is 0.805. The average Bonchev–Trinajstić information content (AvgIpc) is 1.63. The van der Waals surface area contributed by atoms with Gasteiger partial charge in [0.25, 0.3) is 0 Å². The second-order valence-electron chi connectivity index (χ2n) is 1.84. The molecule has 0 bridgehead atoms. The highest BCUT2D eigenvalue weighted by atomic mass is 35.5. The fourth-order valence-electron chi connectivity index (χ4n) is 0.326. The zero-order chi connectivity index (χ0) is 7.28. The number of hydrogen-bond acceptors (Lipinski definition) is 2. The number of halogens is 1. The summed E-state index contributed by atoms with van der Waals surface area (Å²) in [5, 5.41) is 0. The van der Waals surface area contributed by atoms with Gasteiger partial charge in [-0.15, -0.1) is 11.6 Å². The van der Waals surface area contributed by atoms with Crippen LogP contribution < -0.4 is 0 Å². The summed E-state index contributed by atoms with van der Waals surface area (Å²) in [6.07, 6.45) is 0.0223. The van der Waals surface area contributed by atoms with Crippen LogP contribution >= 0.6 is 11.6 Å². The molecular weight excluding hydrogens is 160 g/mol. The number of hydrogen-bond donors (Lipinski definition) is 0. The number of alkyl halides is 1. The van der Waals surface area contributed by atoms with Crippen LogP contribution in [0, 0.1) is 0 Å². The lowest BCUT2D eigenvalue weighted by Gasteiger charge is -2.03. The van der Waals surface area contributed by atoms with Crippen molar-refractivity contribution >= 4 is 22.7 Å². The van der Waals surface area contributed by atoms with Gasteiger partial charge >= 0.3 is 0 Å². The van der Waals surface area contributed by atoms with Gasteiger partial charge in [-0.25, -0.2) is 4.21 Å². The monoisotopic (exact) mass is 170 g/mol. The van der Waals surface area contributed by atoms with E-state index in [9.17, 15) is 4.21 Å². The van der Waals surface area contributed by atoms with Crippen molar-refractivity contribution in [3.8, 4) is 0 Å². The summed E-state index contributed by atoms with van der Waals surface area (Å²) in [7, 11) is 0. The molecule has 0 aromatic heterocycles. The highest BCUT2D eigenvalue weighted by Gasteiger charge is 2.00. The SMILES string of the molecule is CC(C)OS(=O)CCCl. The van der Waals surface area contributed by atoms with E-state index in [0.717, 1.165) is 0 Å². The van der Waals surface area contributed by atoms with Crippen molar-refractivity contribution in [3.05, 3.63) is 0 Å². The zero-order valence-corrected chi connectivity index (χ0v) is 7.17. The molecule has 0 N–H and O–H groups in total. The summed E-state index contributed by atoms with van der Waals surface area (Å²) in [6.45, 7) is 3.68. The van der Waals surface area contributed by atoms with Gasteiger partial charge in [0.15, 0.2) is 11.1 Å². The average molecular weight is 171 g/mol. The van der Waals surface area contributed by atoms with Gasteiger partial charge in [0.1, 0.15) is 0 Å². The van der Waals surface area contributed by atoms with E-state index >= 15 is 0 Å². The molecule has 0 rings (SSSR count). The predicted molar refractivity (Wildman–Crippen MR) is 40.0 cm³/mol. The lowest BCUT2D eigenvalue weighted by Crippen LogP contribution is -2.09. The quantitative estimate of drug-likeness (QED) is 0.595. The Labute approximate surface area is 63.2 Å². The van der Waals surface area contributed by atoms with Crippen molar-refractivity contribution in [2.45, 2.75) is 20.0 Å². The van der Waals surface area contributed by atoms with Crippen LogP contribution in [0.2, 0.25) is 0 Å². The van der Waals surface area contributed by atoms with Crippen LogP contribution in [0.4, 0.5) is 0 Å². The largest absolute Gasteiger partial charge is 0.288 e. The van der Waals surface area contributed by atoms with E-state index in [0.29, 0.717) is 11.6 Å². The molecule has 4 heteroatoms. The van der Waals surface area contributed by atoms with Crippen molar-refractivity contribution in [3.63, 3.8) is 0 Å². The smallest absolute Gasteiger partial charge is 0.156 e. The van der Waals surface area contributed by atoms with Crippen molar-refractivity contribution in [1.82, 2.24) is 0 Å². The first kappa shape index (κ1) is 9.40. The number of rotatable bonds is 4. The summed E-state index contributed by atoms with van der Waals surface area (Å²) in [4.78, 5) is 0. The molecule has 0 saturated carbocycles. The van der Waals surface area contributed by atoms with Crippen LogP contribution in [-0.4, -0.2) is 21.9 Å². The minimum Gasteiger partial charge on any atom is -0.288 e. The maximum atomic E-state index is 10.7. The molecule has 0 fully saturated rings. The molecule has 1 atom stereocenters. The molecule has 9 heavy (non-hydrogen) atoms. The van der Waals surface area contributed by atoms with Gasteiger partial charge in [-0.1, -0.05) is 0 Å². The Kier molecular flexibility index (Phi) is 5.44. The fraction of sp³-hybridized carbons (Fsp3) is 1.00. The first-order valence-corrected chi connectivity index (χ1v) is 4.56. The summed E-state index contributed by atoms with van der Waals surface area (Å²) >= 11 is 4.12. The van der Waals surface area contributed by atoms with E-state index in [2.05, 4.69) is 0 Å². The van der Waals surface area contributed by atoms with Crippen molar-refractivity contribution in [2.24, 2.45) is 0 Å². The lowest BCUT2D eigenvalue weighted by atomic mass is 10.5. The van der Waals surface area contributed by atoms with E-state index in [1.807, 2.05) is 13.8 Å². The Hall–Kier alpha value is 0.400. The summed E-state index contributed by atoms with van der Waals surface area (Å²) < 4.78 is 15.5.